The van der Waals surface area contributed by atoms with Crippen LogP contribution in [0.25, 0.3) is 0 Å². The van der Waals surface area contributed by atoms with Crippen molar-refractivity contribution in [1.82, 2.24) is 0 Å². The van der Waals surface area contributed by atoms with Crippen LogP contribution in [0.2, 0.25) is 0 Å². The number of aliphatic hydroxyl groups is 4. The van der Waals surface area contributed by atoms with Crippen LogP contribution in [0.15, 0.2) is 5.16 Å². The van der Waals surface area contributed by atoms with Gasteiger partial charge >= 0.3 is 0 Å². The largest absolute Gasteiger partial charge is 0.714 e. The Kier molecular flexibility index (Phi) is 15.2. The molecule has 0 aromatic carbocycles. The Morgan fingerprint density at radius 1 is 1.00 bits per heavy atom. The van der Waals surface area contributed by atoms with E-state index in [0.717, 1.165) is 68.9 Å². The number of aliphatic hydroxyl groups excluding tert-OH is 4. The number of oxime groups is 1. The first-order valence-corrected chi connectivity index (χ1v) is 15.0. The minimum Gasteiger partial charge on any atom is -0.714 e. The summed E-state index contributed by atoms with van der Waals surface area (Å²) in [6.07, 6.45) is 5.05. The van der Waals surface area contributed by atoms with E-state index in [1.807, 2.05) is 0 Å². The molecule has 1 fully saturated rings. The van der Waals surface area contributed by atoms with Gasteiger partial charge in [-0.25, -0.2) is 0 Å². The zero-order valence-corrected chi connectivity index (χ0v) is 21.2. The van der Waals surface area contributed by atoms with Crippen LogP contribution < -0.4 is 0 Å². The molecule has 0 saturated carbocycles. The lowest BCUT2D eigenvalue weighted by atomic mass is 10.0. The van der Waals surface area contributed by atoms with Crippen LogP contribution in [0.3, 0.4) is 0 Å². The summed E-state index contributed by atoms with van der Waals surface area (Å²) >= 11 is 0.766. The quantitative estimate of drug-likeness (QED) is 0.0542. The van der Waals surface area contributed by atoms with Crippen LogP contribution in [0, 0.1) is 0 Å². The third-order valence-corrected chi connectivity index (χ3v) is 7.45. The van der Waals surface area contributed by atoms with Gasteiger partial charge in [0.2, 0.25) is 0 Å². The number of thioether (sulfide) groups is 1. The molecule has 1 unspecified atom stereocenters. The topological polar surface area (TPSA) is 186 Å². The molecule has 1 aliphatic heterocycles. The van der Waals surface area contributed by atoms with Gasteiger partial charge in [0.15, 0.2) is 0 Å². The fourth-order valence-corrected chi connectivity index (χ4v) is 5.28. The molecule has 1 rings (SSSR count). The molecule has 0 radical (unpaired) electrons. The van der Waals surface area contributed by atoms with Crippen molar-refractivity contribution in [2.24, 2.45) is 5.16 Å². The van der Waals surface area contributed by atoms with Crippen molar-refractivity contribution < 1.29 is 46.6 Å². The fraction of sp³-hybridized carbons (Fsp3) is 0.947. The van der Waals surface area contributed by atoms with E-state index in [9.17, 15) is 37.6 Å². The number of unbranched alkanes of at least 4 members (excludes halogenated alkanes) is 8. The van der Waals surface area contributed by atoms with Gasteiger partial charge in [0, 0.05) is 22.8 Å². The summed E-state index contributed by atoms with van der Waals surface area (Å²) in [5, 5.41) is 42.6. The Hall–Kier alpha value is -0.320. The molecule has 0 aliphatic carbocycles. The minimum absolute atomic E-state index is 0.0760. The lowest BCUT2D eigenvalue weighted by Crippen LogP contribution is -2.57. The van der Waals surface area contributed by atoms with Crippen molar-refractivity contribution in [2.75, 3.05) is 18.6 Å². The second-order valence-corrected chi connectivity index (χ2v) is 11.7. The van der Waals surface area contributed by atoms with E-state index in [0.29, 0.717) is 6.42 Å². The van der Waals surface area contributed by atoms with Gasteiger partial charge < -0.3 is 29.7 Å². The predicted molar refractivity (Wildman–Crippen MR) is 125 cm³/mol. The van der Waals surface area contributed by atoms with E-state index in [4.69, 9.17) is 4.74 Å². The third-order valence-electron chi connectivity index (χ3n) is 5.15. The first kappa shape index (κ1) is 30.7. The second kappa shape index (κ2) is 16.4. The molecule has 0 amide bonds. The molecule has 0 bridgehead atoms. The maximum Gasteiger partial charge on any atom is 0.284 e. The molecule has 6 atom stereocenters. The van der Waals surface area contributed by atoms with E-state index < -0.39 is 57.7 Å². The SMILES string of the molecule is CS(=O)CCCCCCCCCCC/C(=N\OS(=O)(=O)[O-])S[C@@H]1O[C@H](CO)[C@@H](O)[C@H](O)[C@H]1O. The second-order valence-electron chi connectivity index (χ2n) is 7.99. The number of hydrogen-bond donors (Lipinski definition) is 4. The molecule has 1 heterocycles. The van der Waals surface area contributed by atoms with Crippen molar-refractivity contribution in [3.05, 3.63) is 0 Å². The van der Waals surface area contributed by atoms with Crippen LogP contribution >= 0.6 is 11.8 Å². The van der Waals surface area contributed by atoms with E-state index >= 15 is 0 Å². The van der Waals surface area contributed by atoms with Crippen LogP contribution in [0.1, 0.15) is 64.2 Å². The monoisotopic (exact) mass is 534 g/mol. The van der Waals surface area contributed by atoms with Gasteiger partial charge in [0.05, 0.1) is 6.61 Å². The normalized spacial score (nSPS) is 27.5. The number of ether oxygens (including phenoxy) is 1. The van der Waals surface area contributed by atoms with Crippen molar-refractivity contribution in [3.63, 3.8) is 0 Å². The molecular weight excluding hydrogens is 498 g/mol. The Labute approximate surface area is 202 Å². The van der Waals surface area contributed by atoms with Crippen LogP contribution in [-0.2, 0) is 30.2 Å². The van der Waals surface area contributed by atoms with Gasteiger partial charge in [-0.3, -0.25) is 8.49 Å². The van der Waals surface area contributed by atoms with Gasteiger partial charge in [-0.2, -0.15) is 8.42 Å². The van der Waals surface area contributed by atoms with Crippen molar-refractivity contribution in [3.8, 4) is 0 Å². The van der Waals surface area contributed by atoms with Gasteiger partial charge in [0.25, 0.3) is 10.4 Å². The van der Waals surface area contributed by atoms with Crippen molar-refractivity contribution in [2.45, 2.75) is 94.1 Å². The lowest BCUT2D eigenvalue weighted by molar-refractivity contribution is -0.205. The highest BCUT2D eigenvalue weighted by atomic mass is 32.3. The highest BCUT2D eigenvalue weighted by Crippen LogP contribution is 2.31. The fourth-order valence-electron chi connectivity index (χ4n) is 3.33. The van der Waals surface area contributed by atoms with Crippen LogP contribution in [0.5, 0.6) is 0 Å². The first-order chi connectivity index (χ1) is 15.5. The third kappa shape index (κ3) is 13.4. The molecule has 0 aromatic rings. The molecule has 0 aromatic heterocycles. The zero-order valence-electron chi connectivity index (χ0n) is 18.8. The maximum atomic E-state index is 11.0. The lowest BCUT2D eigenvalue weighted by Gasteiger charge is -2.39. The minimum atomic E-state index is -5.07. The highest BCUT2D eigenvalue weighted by Gasteiger charge is 2.44. The molecule has 11 nitrogen and oxygen atoms in total. The summed E-state index contributed by atoms with van der Waals surface area (Å²) in [6, 6.07) is 0. The first-order valence-electron chi connectivity index (χ1n) is 11.0. The number of nitrogens with zero attached hydrogens (tertiary/aromatic N) is 1. The van der Waals surface area contributed by atoms with E-state index in [2.05, 4.69) is 9.44 Å². The van der Waals surface area contributed by atoms with E-state index in [-0.39, 0.29) is 11.5 Å². The van der Waals surface area contributed by atoms with Gasteiger partial charge in [-0.1, -0.05) is 61.9 Å². The predicted octanol–water partition coefficient (Wildman–Crippen LogP) is 0.589. The summed E-state index contributed by atoms with van der Waals surface area (Å²) in [5.74, 6) is 0.752. The summed E-state index contributed by atoms with van der Waals surface area (Å²) in [4.78, 5) is 0. The Balaban J connectivity index is 2.43. The Bertz CT molecular complexity index is 704. The standard InChI is InChI=1S/C19H37NO10S3/c1-32(25)12-10-8-6-4-2-3-5-7-9-11-15(20-30-33(26,27)28)31-19-18(24)17(23)16(22)14(13-21)29-19/h14,16-19,21-24H,2-13H2,1H3,(H,26,27,28)/p-1/b20-15+/t14-,16-,17+,18-,19+,32?/m1/s1. The number of hydrogen-bond acceptors (Lipinski definition) is 12. The molecule has 4 N–H and O–H groups in total. The average molecular weight is 535 g/mol. The summed E-state index contributed by atoms with van der Waals surface area (Å²) in [6.45, 7) is -0.599. The summed E-state index contributed by atoms with van der Waals surface area (Å²) in [5.41, 5.74) is -1.15. The number of rotatable bonds is 16. The maximum absolute atomic E-state index is 11.0. The van der Waals surface area contributed by atoms with E-state index in [1.165, 1.54) is 0 Å². The van der Waals surface area contributed by atoms with Gasteiger partial charge in [0.1, 0.15) is 34.9 Å². The molecule has 33 heavy (non-hydrogen) atoms. The Morgan fingerprint density at radius 2 is 1.55 bits per heavy atom. The highest BCUT2D eigenvalue weighted by molar-refractivity contribution is 8.14. The molecule has 1 aliphatic rings. The van der Waals surface area contributed by atoms with Crippen LogP contribution in [0.4, 0.5) is 0 Å². The Morgan fingerprint density at radius 3 is 2.06 bits per heavy atom. The molecule has 1 saturated heterocycles. The van der Waals surface area contributed by atoms with Crippen molar-refractivity contribution in [1.29, 1.82) is 0 Å². The molecule has 196 valence electrons. The summed E-state index contributed by atoms with van der Waals surface area (Å²) < 4.78 is 52.7. The van der Waals surface area contributed by atoms with Crippen LogP contribution in [-0.4, -0.2) is 91.1 Å². The van der Waals surface area contributed by atoms with Gasteiger partial charge in [-0.05, 0) is 19.3 Å². The van der Waals surface area contributed by atoms with Crippen molar-refractivity contribution >= 4 is 38.0 Å². The smallest absolute Gasteiger partial charge is 0.284 e. The zero-order chi connectivity index (χ0) is 24.9. The van der Waals surface area contributed by atoms with Gasteiger partial charge in [-0.15, -0.1) is 0 Å². The molecular formula is C19H36NO10S3-. The average Bonchev–Trinajstić information content (AvgIpc) is 2.74. The molecule has 0 spiro atoms. The molecule has 14 heteroatoms. The summed E-state index contributed by atoms with van der Waals surface area (Å²) in [7, 11) is -5.79. The van der Waals surface area contributed by atoms with E-state index in [1.54, 1.807) is 6.26 Å².